The van der Waals surface area contributed by atoms with Crippen LogP contribution in [-0.4, -0.2) is 37.2 Å². The number of thiazole rings is 1. The second-order valence-corrected chi connectivity index (χ2v) is 5.93. The van der Waals surface area contributed by atoms with Gasteiger partial charge < -0.3 is 21.1 Å². The summed E-state index contributed by atoms with van der Waals surface area (Å²) < 4.78 is 5.46. The first kappa shape index (κ1) is 15.1. The van der Waals surface area contributed by atoms with Gasteiger partial charge >= 0.3 is 0 Å². The molecular weight excluding hydrogens is 276 g/mol. The van der Waals surface area contributed by atoms with Crippen molar-refractivity contribution in [3.8, 4) is 0 Å². The third-order valence-corrected chi connectivity index (χ3v) is 4.00. The Morgan fingerprint density at radius 3 is 3.00 bits per heavy atom. The monoisotopic (exact) mass is 298 g/mol. The van der Waals surface area contributed by atoms with Crippen LogP contribution in [0.5, 0.6) is 0 Å². The van der Waals surface area contributed by atoms with Gasteiger partial charge in [-0.1, -0.05) is 18.3 Å². The molecule has 1 heterocycles. The van der Waals surface area contributed by atoms with Gasteiger partial charge in [0.1, 0.15) is 10.7 Å². The summed E-state index contributed by atoms with van der Waals surface area (Å²) in [6, 6.07) is 0. The lowest BCUT2D eigenvalue weighted by Gasteiger charge is -2.04. The number of nitrogens with two attached hydrogens (primary N) is 1. The molecule has 0 aliphatic heterocycles. The van der Waals surface area contributed by atoms with Crippen molar-refractivity contribution in [2.45, 2.75) is 26.2 Å². The zero-order chi connectivity index (χ0) is 14.4. The maximum absolute atomic E-state index is 12.0. The summed E-state index contributed by atoms with van der Waals surface area (Å²) in [5.41, 5.74) is 5.76. The number of carbonyl (C=O) groups is 1. The van der Waals surface area contributed by atoms with Crippen molar-refractivity contribution in [2.24, 2.45) is 5.92 Å². The zero-order valence-corrected chi connectivity index (χ0v) is 12.6. The lowest BCUT2D eigenvalue weighted by atomic mass is 10.4. The maximum Gasteiger partial charge on any atom is 0.265 e. The maximum atomic E-state index is 12.0. The number of hydrogen-bond acceptors (Lipinski definition) is 6. The van der Waals surface area contributed by atoms with E-state index < -0.39 is 0 Å². The standard InChI is InChI=1S/C13H22N4O2S/c1-2-5-16-13-17-11(14)10(20-13)12(18)15-6-7-19-8-9-3-4-9/h9H,2-8,14H2,1H3,(H,15,18)(H,16,17). The third kappa shape index (κ3) is 4.64. The van der Waals surface area contributed by atoms with Gasteiger partial charge in [0.2, 0.25) is 0 Å². The van der Waals surface area contributed by atoms with Crippen LogP contribution in [0.1, 0.15) is 35.9 Å². The predicted molar refractivity (Wildman–Crippen MR) is 81.2 cm³/mol. The molecule has 7 heteroatoms. The minimum Gasteiger partial charge on any atom is -0.382 e. The van der Waals surface area contributed by atoms with E-state index in [4.69, 9.17) is 10.5 Å². The van der Waals surface area contributed by atoms with E-state index in [2.05, 4.69) is 22.5 Å². The van der Waals surface area contributed by atoms with Crippen LogP contribution in [-0.2, 0) is 4.74 Å². The minimum absolute atomic E-state index is 0.181. The van der Waals surface area contributed by atoms with Gasteiger partial charge in [-0.25, -0.2) is 4.98 Å². The molecule has 0 unspecified atom stereocenters. The molecule has 1 aliphatic carbocycles. The van der Waals surface area contributed by atoms with Gasteiger partial charge in [0.15, 0.2) is 5.13 Å². The second-order valence-electron chi connectivity index (χ2n) is 4.93. The molecule has 1 aromatic rings. The molecule has 1 amide bonds. The Bertz CT molecular complexity index is 446. The molecule has 1 aromatic heterocycles. The average molecular weight is 298 g/mol. The van der Waals surface area contributed by atoms with E-state index in [1.54, 1.807) is 0 Å². The first-order valence-corrected chi connectivity index (χ1v) is 7.88. The van der Waals surface area contributed by atoms with Crippen LogP contribution < -0.4 is 16.4 Å². The van der Waals surface area contributed by atoms with E-state index in [1.807, 2.05) is 0 Å². The van der Waals surface area contributed by atoms with Crippen LogP contribution >= 0.6 is 11.3 Å². The van der Waals surface area contributed by atoms with Gasteiger partial charge in [-0.15, -0.1) is 0 Å². The van der Waals surface area contributed by atoms with Crippen molar-refractivity contribution in [3.05, 3.63) is 4.88 Å². The van der Waals surface area contributed by atoms with Crippen molar-refractivity contribution < 1.29 is 9.53 Å². The van der Waals surface area contributed by atoms with Crippen molar-refractivity contribution >= 4 is 28.2 Å². The Morgan fingerprint density at radius 1 is 1.50 bits per heavy atom. The quantitative estimate of drug-likeness (QED) is 0.604. The van der Waals surface area contributed by atoms with Gasteiger partial charge in [-0.3, -0.25) is 4.79 Å². The molecule has 0 saturated heterocycles. The van der Waals surface area contributed by atoms with Crippen molar-refractivity contribution in [2.75, 3.05) is 37.4 Å². The molecule has 0 radical (unpaired) electrons. The fourth-order valence-electron chi connectivity index (χ4n) is 1.65. The zero-order valence-electron chi connectivity index (χ0n) is 11.8. The number of nitrogens with one attached hydrogen (secondary N) is 2. The third-order valence-electron chi connectivity index (χ3n) is 2.97. The number of ether oxygens (including phenoxy) is 1. The van der Waals surface area contributed by atoms with E-state index in [-0.39, 0.29) is 11.7 Å². The average Bonchev–Trinajstić information content (AvgIpc) is 3.18. The smallest absolute Gasteiger partial charge is 0.265 e. The highest BCUT2D eigenvalue weighted by Gasteiger charge is 2.21. The molecule has 0 atom stereocenters. The highest BCUT2D eigenvalue weighted by Crippen LogP contribution is 2.28. The molecule has 0 spiro atoms. The largest absolute Gasteiger partial charge is 0.382 e. The molecule has 1 fully saturated rings. The molecule has 4 N–H and O–H groups in total. The fourth-order valence-corrected chi connectivity index (χ4v) is 2.48. The lowest BCUT2D eigenvalue weighted by molar-refractivity contribution is 0.0911. The van der Waals surface area contributed by atoms with E-state index in [9.17, 15) is 4.79 Å². The van der Waals surface area contributed by atoms with Gasteiger partial charge in [0.25, 0.3) is 5.91 Å². The first-order valence-electron chi connectivity index (χ1n) is 7.06. The molecular formula is C13H22N4O2S. The Morgan fingerprint density at radius 2 is 2.30 bits per heavy atom. The SMILES string of the molecule is CCCNc1nc(N)c(C(=O)NCCOCC2CC2)s1. The Hall–Kier alpha value is -1.34. The second kappa shape index (κ2) is 7.44. The molecule has 6 nitrogen and oxygen atoms in total. The number of rotatable bonds is 9. The van der Waals surface area contributed by atoms with E-state index in [0.717, 1.165) is 25.5 Å². The highest BCUT2D eigenvalue weighted by molar-refractivity contribution is 7.18. The van der Waals surface area contributed by atoms with Gasteiger partial charge in [-0.05, 0) is 25.2 Å². The van der Waals surface area contributed by atoms with E-state index in [1.165, 1.54) is 24.2 Å². The number of nitrogen functional groups attached to an aromatic ring is 1. The molecule has 1 aliphatic rings. The highest BCUT2D eigenvalue weighted by atomic mass is 32.1. The molecule has 2 rings (SSSR count). The summed E-state index contributed by atoms with van der Waals surface area (Å²) in [6.45, 7) is 4.74. The minimum atomic E-state index is -0.181. The topological polar surface area (TPSA) is 89.3 Å². The molecule has 20 heavy (non-hydrogen) atoms. The predicted octanol–water partition coefficient (Wildman–Crippen LogP) is 1.70. The molecule has 1 saturated carbocycles. The van der Waals surface area contributed by atoms with Gasteiger partial charge in [0, 0.05) is 19.7 Å². The molecule has 0 bridgehead atoms. The number of amides is 1. The number of aromatic nitrogens is 1. The Kier molecular flexibility index (Phi) is 5.60. The Balaban J connectivity index is 1.71. The number of nitrogens with zero attached hydrogens (tertiary/aromatic N) is 1. The summed E-state index contributed by atoms with van der Waals surface area (Å²) in [7, 11) is 0. The summed E-state index contributed by atoms with van der Waals surface area (Å²) in [5.74, 6) is 0.847. The summed E-state index contributed by atoms with van der Waals surface area (Å²) in [4.78, 5) is 16.6. The van der Waals surface area contributed by atoms with Crippen LogP contribution in [0, 0.1) is 5.92 Å². The molecule has 0 aromatic carbocycles. The van der Waals surface area contributed by atoms with Crippen LogP contribution in [0.15, 0.2) is 0 Å². The number of anilines is 2. The van der Waals surface area contributed by atoms with E-state index >= 15 is 0 Å². The number of carbonyl (C=O) groups excluding carboxylic acids is 1. The fraction of sp³-hybridized carbons (Fsp3) is 0.692. The molecule has 112 valence electrons. The normalized spacial score (nSPS) is 14.2. The van der Waals surface area contributed by atoms with Crippen molar-refractivity contribution in [3.63, 3.8) is 0 Å². The lowest BCUT2D eigenvalue weighted by Crippen LogP contribution is -2.27. The van der Waals surface area contributed by atoms with Gasteiger partial charge in [-0.2, -0.15) is 0 Å². The van der Waals surface area contributed by atoms with Crippen molar-refractivity contribution in [1.82, 2.24) is 10.3 Å². The first-order chi connectivity index (χ1) is 9.70. The summed E-state index contributed by atoms with van der Waals surface area (Å²) >= 11 is 1.29. The van der Waals surface area contributed by atoms with Crippen LogP contribution in [0.25, 0.3) is 0 Å². The van der Waals surface area contributed by atoms with Crippen LogP contribution in [0.3, 0.4) is 0 Å². The van der Waals surface area contributed by atoms with Crippen molar-refractivity contribution in [1.29, 1.82) is 0 Å². The Labute approximate surface area is 123 Å². The summed E-state index contributed by atoms with van der Waals surface area (Å²) in [5, 5.41) is 6.62. The van der Waals surface area contributed by atoms with Crippen LogP contribution in [0.2, 0.25) is 0 Å². The number of hydrogen-bond donors (Lipinski definition) is 3. The van der Waals surface area contributed by atoms with Crippen LogP contribution in [0.4, 0.5) is 10.9 Å². The van der Waals surface area contributed by atoms with Gasteiger partial charge in [0.05, 0.1) is 6.61 Å². The van der Waals surface area contributed by atoms with E-state index in [0.29, 0.717) is 23.2 Å². The summed E-state index contributed by atoms with van der Waals surface area (Å²) in [6.07, 6.45) is 3.55.